The van der Waals surface area contributed by atoms with Crippen molar-refractivity contribution in [3.8, 4) is 0 Å². The van der Waals surface area contributed by atoms with Gasteiger partial charge in [-0.1, -0.05) is 0 Å². The van der Waals surface area contributed by atoms with Crippen molar-refractivity contribution < 1.29 is 18.3 Å². The van der Waals surface area contributed by atoms with E-state index in [1.165, 1.54) is 4.31 Å². The molecule has 0 amide bonds. The van der Waals surface area contributed by atoms with Gasteiger partial charge in [0.05, 0.1) is 10.8 Å². The van der Waals surface area contributed by atoms with E-state index in [0.717, 1.165) is 27.8 Å². The minimum absolute atomic E-state index is 0.268. The third-order valence-corrected chi connectivity index (χ3v) is 7.51. The quantitative estimate of drug-likeness (QED) is 0.919. The summed E-state index contributed by atoms with van der Waals surface area (Å²) in [5.74, 6) is -1.28. The van der Waals surface area contributed by atoms with Gasteiger partial charge in [0.25, 0.3) is 0 Å². The smallest absolute Gasteiger partial charge is 0.306 e. The summed E-state index contributed by atoms with van der Waals surface area (Å²) in [5.41, 5.74) is 4.74. The number of benzene rings is 1. The van der Waals surface area contributed by atoms with Crippen molar-refractivity contribution in [1.82, 2.24) is 4.31 Å². The van der Waals surface area contributed by atoms with Crippen LogP contribution in [0.5, 0.6) is 0 Å². The van der Waals surface area contributed by atoms with Gasteiger partial charge in [-0.15, -0.1) is 0 Å². The van der Waals surface area contributed by atoms with Gasteiger partial charge in [0.2, 0.25) is 10.0 Å². The lowest BCUT2D eigenvalue weighted by atomic mass is 9.95. The van der Waals surface area contributed by atoms with Gasteiger partial charge in [-0.05, 0) is 75.3 Å². The Bertz CT molecular complexity index is 715. The molecule has 0 saturated carbocycles. The molecular weight excluding hydrogens is 314 g/mol. The Morgan fingerprint density at radius 3 is 1.70 bits per heavy atom. The third-order valence-electron chi connectivity index (χ3n) is 5.33. The maximum Gasteiger partial charge on any atom is 0.306 e. The van der Waals surface area contributed by atoms with Crippen LogP contribution in [0.15, 0.2) is 4.90 Å². The van der Waals surface area contributed by atoms with Crippen LogP contribution in [0.1, 0.15) is 40.7 Å². The highest BCUT2D eigenvalue weighted by Crippen LogP contribution is 2.33. The number of carbonyl (C=O) groups is 1. The van der Waals surface area contributed by atoms with Gasteiger partial charge in [-0.2, -0.15) is 4.31 Å². The summed E-state index contributed by atoms with van der Waals surface area (Å²) < 4.78 is 27.6. The Kier molecular flexibility index (Phi) is 4.87. The molecule has 0 bridgehead atoms. The molecule has 6 heteroatoms. The van der Waals surface area contributed by atoms with Gasteiger partial charge < -0.3 is 5.11 Å². The Hall–Kier alpha value is -1.40. The summed E-state index contributed by atoms with van der Waals surface area (Å²) in [6.45, 7) is 10.2. The summed E-state index contributed by atoms with van der Waals surface area (Å²) in [6, 6.07) is 0. The zero-order chi connectivity index (χ0) is 17.5. The number of sulfonamides is 1. The standard InChI is InChI=1S/C17H25NO4S/c1-10-11(2)13(4)16(14(5)12(10)3)23(21,22)18-8-6-15(7-9-18)17(19)20/h15H,6-9H2,1-5H3,(H,19,20). The van der Waals surface area contributed by atoms with Gasteiger partial charge in [0.1, 0.15) is 0 Å². The van der Waals surface area contributed by atoms with Crippen LogP contribution < -0.4 is 0 Å². The van der Waals surface area contributed by atoms with Crippen molar-refractivity contribution in [2.75, 3.05) is 13.1 Å². The average Bonchev–Trinajstić information content (AvgIpc) is 2.51. The molecular formula is C17H25NO4S. The van der Waals surface area contributed by atoms with Crippen LogP contribution in [0, 0.1) is 40.5 Å². The van der Waals surface area contributed by atoms with E-state index >= 15 is 0 Å². The molecule has 1 heterocycles. The molecule has 0 spiro atoms. The SMILES string of the molecule is Cc1c(C)c(C)c(S(=O)(=O)N2CCC(C(=O)O)CC2)c(C)c1C. The molecule has 1 aliphatic rings. The number of carboxylic acids is 1. The fraction of sp³-hybridized carbons (Fsp3) is 0.588. The first kappa shape index (κ1) is 17.9. The normalized spacial score (nSPS) is 17.4. The maximum absolute atomic E-state index is 13.1. The Balaban J connectivity index is 2.44. The third kappa shape index (κ3) is 3.02. The molecule has 5 nitrogen and oxygen atoms in total. The monoisotopic (exact) mass is 339 g/mol. The van der Waals surface area contributed by atoms with Gasteiger partial charge >= 0.3 is 5.97 Å². The van der Waals surface area contributed by atoms with E-state index < -0.39 is 21.9 Å². The molecule has 1 fully saturated rings. The number of piperidine rings is 1. The predicted octanol–water partition coefficient (Wildman–Crippen LogP) is 2.71. The van der Waals surface area contributed by atoms with E-state index in [2.05, 4.69) is 0 Å². The summed E-state index contributed by atoms with van der Waals surface area (Å²) in [6.07, 6.45) is 0.743. The lowest BCUT2D eigenvalue weighted by Crippen LogP contribution is -2.40. The van der Waals surface area contributed by atoms with Crippen molar-refractivity contribution in [3.05, 3.63) is 27.8 Å². The largest absolute Gasteiger partial charge is 0.481 e. The first-order valence-corrected chi connectivity index (χ1v) is 9.33. The van der Waals surface area contributed by atoms with Crippen molar-refractivity contribution >= 4 is 16.0 Å². The van der Waals surface area contributed by atoms with Crippen LogP contribution in [-0.2, 0) is 14.8 Å². The minimum atomic E-state index is -3.59. The molecule has 0 unspecified atom stereocenters. The molecule has 1 aromatic rings. The first-order chi connectivity index (χ1) is 10.6. The number of rotatable bonds is 3. The van der Waals surface area contributed by atoms with Gasteiger partial charge in [0, 0.05) is 13.1 Å². The van der Waals surface area contributed by atoms with Crippen molar-refractivity contribution in [1.29, 1.82) is 0 Å². The Morgan fingerprint density at radius 1 is 0.913 bits per heavy atom. The lowest BCUT2D eigenvalue weighted by Gasteiger charge is -2.31. The average molecular weight is 339 g/mol. The highest BCUT2D eigenvalue weighted by atomic mass is 32.2. The van der Waals surface area contributed by atoms with E-state index in [1.54, 1.807) is 0 Å². The van der Waals surface area contributed by atoms with E-state index in [-0.39, 0.29) is 13.1 Å². The lowest BCUT2D eigenvalue weighted by molar-refractivity contribution is -0.142. The van der Waals surface area contributed by atoms with Crippen molar-refractivity contribution in [2.45, 2.75) is 52.4 Å². The summed E-state index contributed by atoms with van der Waals surface area (Å²) in [7, 11) is -3.59. The van der Waals surface area contributed by atoms with Crippen LogP contribution in [0.2, 0.25) is 0 Å². The van der Waals surface area contributed by atoms with Crippen LogP contribution in [-0.4, -0.2) is 36.9 Å². The predicted molar refractivity (Wildman–Crippen MR) is 89.2 cm³/mol. The summed E-state index contributed by atoms with van der Waals surface area (Å²) >= 11 is 0. The second-order valence-electron chi connectivity index (χ2n) is 6.47. The molecule has 0 aromatic heterocycles. The number of aliphatic carboxylic acids is 1. The number of carboxylic acid groups (broad SMARTS) is 1. The van der Waals surface area contributed by atoms with E-state index in [4.69, 9.17) is 5.11 Å². The maximum atomic E-state index is 13.1. The molecule has 128 valence electrons. The zero-order valence-electron chi connectivity index (χ0n) is 14.4. The molecule has 1 saturated heterocycles. The van der Waals surface area contributed by atoms with Crippen LogP contribution in [0.25, 0.3) is 0 Å². The highest BCUT2D eigenvalue weighted by molar-refractivity contribution is 7.89. The second-order valence-corrected chi connectivity index (χ2v) is 8.35. The van der Waals surface area contributed by atoms with E-state index in [0.29, 0.717) is 17.7 Å². The number of hydrogen-bond acceptors (Lipinski definition) is 3. The molecule has 1 N–H and O–H groups in total. The van der Waals surface area contributed by atoms with Crippen LogP contribution >= 0.6 is 0 Å². The Morgan fingerprint density at radius 2 is 1.30 bits per heavy atom. The van der Waals surface area contributed by atoms with Gasteiger partial charge in [0.15, 0.2) is 0 Å². The van der Waals surface area contributed by atoms with Crippen LogP contribution in [0.4, 0.5) is 0 Å². The molecule has 1 aromatic carbocycles. The van der Waals surface area contributed by atoms with Gasteiger partial charge in [-0.3, -0.25) is 4.79 Å². The molecule has 0 aliphatic carbocycles. The second kappa shape index (κ2) is 6.24. The topological polar surface area (TPSA) is 74.7 Å². The molecule has 1 aliphatic heterocycles. The zero-order valence-corrected chi connectivity index (χ0v) is 15.2. The molecule has 2 rings (SSSR count). The minimum Gasteiger partial charge on any atom is -0.481 e. The highest BCUT2D eigenvalue weighted by Gasteiger charge is 2.34. The fourth-order valence-electron chi connectivity index (χ4n) is 3.32. The van der Waals surface area contributed by atoms with E-state index in [1.807, 2.05) is 34.6 Å². The number of hydrogen-bond donors (Lipinski definition) is 1. The first-order valence-electron chi connectivity index (χ1n) is 7.89. The Labute approximate surface area is 138 Å². The fourth-order valence-corrected chi connectivity index (χ4v) is 5.35. The van der Waals surface area contributed by atoms with Gasteiger partial charge in [-0.25, -0.2) is 8.42 Å². The molecule has 23 heavy (non-hydrogen) atoms. The van der Waals surface area contributed by atoms with E-state index in [9.17, 15) is 13.2 Å². The van der Waals surface area contributed by atoms with Crippen molar-refractivity contribution in [3.63, 3.8) is 0 Å². The van der Waals surface area contributed by atoms with Crippen LogP contribution in [0.3, 0.4) is 0 Å². The number of nitrogens with zero attached hydrogens (tertiary/aromatic N) is 1. The molecule has 0 atom stereocenters. The summed E-state index contributed by atoms with van der Waals surface area (Å²) in [4.78, 5) is 11.4. The van der Waals surface area contributed by atoms with Crippen molar-refractivity contribution in [2.24, 2.45) is 5.92 Å². The summed E-state index contributed by atoms with van der Waals surface area (Å²) in [5, 5.41) is 9.07. The molecule has 0 radical (unpaired) electrons.